The van der Waals surface area contributed by atoms with E-state index < -0.39 is 4.92 Å². The van der Waals surface area contributed by atoms with Crippen LogP contribution in [0.4, 0.5) is 22.7 Å². The van der Waals surface area contributed by atoms with Crippen LogP contribution in [0.5, 0.6) is 0 Å². The smallest absolute Gasteiger partial charge is 0.293 e. The van der Waals surface area contributed by atoms with E-state index in [-0.39, 0.29) is 18.0 Å². The van der Waals surface area contributed by atoms with Crippen molar-refractivity contribution in [2.75, 3.05) is 10.6 Å². The maximum Gasteiger partial charge on any atom is 0.293 e. The first-order valence-corrected chi connectivity index (χ1v) is 6.32. The molecule has 8 nitrogen and oxygen atoms in total. The van der Waals surface area contributed by atoms with Crippen LogP contribution in [0.2, 0.25) is 0 Å². The summed E-state index contributed by atoms with van der Waals surface area (Å²) in [6, 6.07) is 3.02. The predicted molar refractivity (Wildman–Crippen MR) is 76.7 cm³/mol. The Morgan fingerprint density at radius 3 is 2.81 bits per heavy atom. The van der Waals surface area contributed by atoms with E-state index in [0.717, 1.165) is 5.69 Å². The number of nitrogens with zero attached hydrogens (tertiary/aromatic N) is 3. The highest BCUT2D eigenvalue weighted by molar-refractivity contribution is 6.00. The van der Waals surface area contributed by atoms with E-state index in [9.17, 15) is 14.9 Å². The lowest BCUT2D eigenvalue weighted by Crippen LogP contribution is -2.03. The maximum atomic E-state index is 11.4. The highest BCUT2D eigenvalue weighted by Gasteiger charge is 2.25. The first-order chi connectivity index (χ1) is 9.94. The zero-order chi connectivity index (χ0) is 15.1. The Bertz CT molecular complexity index is 765. The lowest BCUT2D eigenvalue weighted by molar-refractivity contribution is -0.383. The molecule has 0 aliphatic carbocycles. The van der Waals surface area contributed by atoms with Gasteiger partial charge in [-0.2, -0.15) is 5.10 Å². The summed E-state index contributed by atoms with van der Waals surface area (Å²) in [5, 5.41) is 21.1. The molecule has 21 heavy (non-hydrogen) atoms. The average molecular weight is 287 g/mol. The first kappa shape index (κ1) is 13.1. The number of anilines is 3. The number of nitrogens with one attached hydrogen (secondary N) is 2. The van der Waals surface area contributed by atoms with E-state index in [1.807, 2.05) is 6.92 Å². The van der Waals surface area contributed by atoms with Crippen LogP contribution >= 0.6 is 0 Å². The van der Waals surface area contributed by atoms with Crippen LogP contribution in [0.25, 0.3) is 0 Å². The number of hydrogen-bond donors (Lipinski definition) is 2. The lowest BCUT2D eigenvalue weighted by Gasteiger charge is -2.08. The van der Waals surface area contributed by atoms with Crippen molar-refractivity contribution in [2.24, 2.45) is 7.05 Å². The van der Waals surface area contributed by atoms with Gasteiger partial charge in [0.25, 0.3) is 5.69 Å². The number of nitro groups is 1. The minimum absolute atomic E-state index is 0.0616. The zero-order valence-electron chi connectivity index (χ0n) is 11.5. The van der Waals surface area contributed by atoms with Crippen molar-refractivity contribution in [1.82, 2.24) is 9.78 Å². The number of nitro benzene ring substituents is 1. The highest BCUT2D eigenvalue weighted by atomic mass is 16.6. The van der Waals surface area contributed by atoms with Gasteiger partial charge in [-0.15, -0.1) is 0 Å². The molecule has 3 rings (SSSR count). The molecule has 0 saturated heterocycles. The molecule has 2 heterocycles. The van der Waals surface area contributed by atoms with Crippen LogP contribution in [0.1, 0.15) is 11.3 Å². The van der Waals surface area contributed by atoms with Crippen LogP contribution in [0.3, 0.4) is 0 Å². The van der Waals surface area contributed by atoms with E-state index in [4.69, 9.17) is 0 Å². The Morgan fingerprint density at radius 2 is 2.19 bits per heavy atom. The SMILES string of the molecule is Cc1nn(C)cc1Nc1cc2c(cc1[N+](=O)[O-])CC(=O)N2. The molecule has 0 bridgehead atoms. The summed E-state index contributed by atoms with van der Waals surface area (Å²) < 4.78 is 1.62. The fraction of sp³-hybridized carbons (Fsp3) is 0.231. The molecule has 1 amide bonds. The Hall–Kier alpha value is -2.90. The van der Waals surface area contributed by atoms with Crippen molar-refractivity contribution in [3.63, 3.8) is 0 Å². The number of fused-ring (bicyclic) bond motifs is 1. The molecule has 108 valence electrons. The second-order valence-corrected chi connectivity index (χ2v) is 4.94. The molecular formula is C13H13N5O3. The third-order valence-electron chi connectivity index (χ3n) is 3.33. The zero-order valence-corrected chi connectivity index (χ0v) is 11.5. The van der Waals surface area contributed by atoms with Gasteiger partial charge in [-0.05, 0) is 18.6 Å². The number of hydrogen-bond acceptors (Lipinski definition) is 5. The molecule has 0 spiro atoms. The van der Waals surface area contributed by atoms with E-state index in [0.29, 0.717) is 22.6 Å². The molecule has 1 aromatic heterocycles. The van der Waals surface area contributed by atoms with Gasteiger partial charge in [0, 0.05) is 25.0 Å². The Morgan fingerprint density at radius 1 is 1.43 bits per heavy atom. The number of carbonyl (C=O) groups is 1. The molecular weight excluding hydrogens is 274 g/mol. The quantitative estimate of drug-likeness (QED) is 0.662. The predicted octanol–water partition coefficient (Wildman–Crippen LogP) is 1.87. The number of rotatable bonds is 3. The van der Waals surface area contributed by atoms with Gasteiger partial charge in [-0.1, -0.05) is 0 Å². The summed E-state index contributed by atoms with van der Waals surface area (Å²) >= 11 is 0. The van der Waals surface area contributed by atoms with E-state index >= 15 is 0 Å². The normalized spacial score (nSPS) is 13.0. The fourth-order valence-corrected chi connectivity index (χ4v) is 2.38. The van der Waals surface area contributed by atoms with E-state index in [2.05, 4.69) is 15.7 Å². The van der Waals surface area contributed by atoms with Crippen molar-refractivity contribution in [3.8, 4) is 0 Å². The van der Waals surface area contributed by atoms with Gasteiger partial charge in [0.2, 0.25) is 5.91 Å². The summed E-state index contributed by atoms with van der Waals surface area (Å²) in [7, 11) is 1.77. The number of carbonyl (C=O) groups excluding carboxylic acids is 1. The van der Waals surface area contributed by atoms with E-state index in [1.165, 1.54) is 6.07 Å². The van der Waals surface area contributed by atoms with Crippen LogP contribution in [0, 0.1) is 17.0 Å². The number of amides is 1. The molecule has 8 heteroatoms. The molecule has 1 aliphatic heterocycles. The first-order valence-electron chi connectivity index (χ1n) is 6.32. The van der Waals surface area contributed by atoms with Crippen molar-refractivity contribution in [1.29, 1.82) is 0 Å². The largest absolute Gasteiger partial charge is 0.347 e. The van der Waals surface area contributed by atoms with Gasteiger partial charge >= 0.3 is 0 Å². The minimum Gasteiger partial charge on any atom is -0.347 e. The lowest BCUT2D eigenvalue weighted by atomic mass is 10.1. The summed E-state index contributed by atoms with van der Waals surface area (Å²) in [5.41, 5.74) is 2.93. The second-order valence-electron chi connectivity index (χ2n) is 4.94. The fourth-order valence-electron chi connectivity index (χ4n) is 2.38. The Balaban J connectivity index is 2.05. The maximum absolute atomic E-state index is 11.4. The van der Waals surface area contributed by atoms with Gasteiger partial charge in [0.05, 0.1) is 22.7 Å². The Labute approximate surface area is 119 Å². The van der Waals surface area contributed by atoms with Gasteiger partial charge in [0.15, 0.2) is 0 Å². The van der Waals surface area contributed by atoms with Crippen molar-refractivity contribution >= 4 is 28.7 Å². The topological polar surface area (TPSA) is 102 Å². The summed E-state index contributed by atoms with van der Waals surface area (Å²) in [4.78, 5) is 22.2. The third-order valence-corrected chi connectivity index (χ3v) is 3.33. The molecule has 0 fully saturated rings. The van der Waals surface area contributed by atoms with Crippen molar-refractivity contribution in [3.05, 3.63) is 39.7 Å². The number of aryl methyl sites for hydroxylation is 2. The minimum atomic E-state index is -0.461. The monoisotopic (exact) mass is 287 g/mol. The van der Waals surface area contributed by atoms with Crippen molar-refractivity contribution < 1.29 is 9.72 Å². The highest BCUT2D eigenvalue weighted by Crippen LogP contribution is 2.36. The van der Waals surface area contributed by atoms with Gasteiger partial charge in [-0.3, -0.25) is 19.6 Å². The summed E-state index contributed by atoms with van der Waals surface area (Å²) in [6.45, 7) is 1.81. The number of benzene rings is 1. The van der Waals surface area contributed by atoms with Crippen LogP contribution in [0.15, 0.2) is 18.3 Å². The van der Waals surface area contributed by atoms with Crippen molar-refractivity contribution in [2.45, 2.75) is 13.3 Å². The van der Waals surface area contributed by atoms with Crippen LogP contribution in [-0.4, -0.2) is 20.6 Å². The molecule has 0 saturated carbocycles. The van der Waals surface area contributed by atoms with Crippen LogP contribution in [-0.2, 0) is 18.3 Å². The molecule has 1 aliphatic rings. The molecule has 0 radical (unpaired) electrons. The molecule has 2 aromatic rings. The van der Waals surface area contributed by atoms with Crippen LogP contribution < -0.4 is 10.6 Å². The molecule has 0 unspecified atom stereocenters. The number of aromatic nitrogens is 2. The molecule has 0 atom stereocenters. The molecule has 2 N–H and O–H groups in total. The summed E-state index contributed by atoms with van der Waals surface area (Å²) in [5.74, 6) is -0.158. The third kappa shape index (κ3) is 2.31. The average Bonchev–Trinajstić information content (AvgIpc) is 2.89. The Kier molecular flexibility index (Phi) is 2.86. The van der Waals surface area contributed by atoms with Gasteiger partial charge in [-0.25, -0.2) is 0 Å². The standard InChI is InChI=1S/C13H13N5O3/c1-7-11(6-17(2)16-7)14-10-5-9-8(4-13(19)15-9)3-12(10)18(20)21/h3,5-6,14H,4H2,1-2H3,(H,15,19). The summed E-state index contributed by atoms with van der Waals surface area (Å²) in [6.07, 6.45) is 1.91. The van der Waals surface area contributed by atoms with Gasteiger partial charge < -0.3 is 10.6 Å². The molecule has 1 aromatic carbocycles. The van der Waals surface area contributed by atoms with E-state index in [1.54, 1.807) is 24.0 Å². The second kappa shape index (κ2) is 4.58. The van der Waals surface area contributed by atoms with Gasteiger partial charge in [0.1, 0.15) is 5.69 Å².